The molecule has 0 aliphatic carbocycles. The summed E-state index contributed by atoms with van der Waals surface area (Å²) in [6, 6.07) is 15.2. The molecule has 0 saturated carbocycles. The zero-order chi connectivity index (χ0) is 18.2. The number of carbonyl (C=O) groups excluding carboxylic acids is 1. The Labute approximate surface area is 153 Å². The molecule has 1 aliphatic rings. The quantitative estimate of drug-likeness (QED) is 0.827. The first kappa shape index (κ1) is 18.1. The van der Waals surface area contributed by atoms with Gasteiger partial charge in [0.1, 0.15) is 11.5 Å². The number of amides is 1. The van der Waals surface area contributed by atoms with E-state index >= 15 is 0 Å². The topological polar surface area (TPSA) is 60.0 Å². The highest BCUT2D eigenvalue weighted by Gasteiger charge is 2.15. The standard InChI is InChI=1S/C20H24N2O4/c1-24-16-6-8-17(9-7-16)26-13-10-20(23)21-18-4-2-3-5-19(18)22-11-14-25-15-12-22/h2-9H,10-15H2,1H3,(H,21,23). The molecule has 1 saturated heterocycles. The van der Waals surface area contributed by atoms with Gasteiger partial charge >= 0.3 is 0 Å². The molecule has 0 unspecified atom stereocenters. The fourth-order valence-electron chi connectivity index (χ4n) is 2.81. The Balaban J connectivity index is 1.51. The van der Waals surface area contributed by atoms with Crippen molar-refractivity contribution in [1.29, 1.82) is 0 Å². The number of nitrogens with one attached hydrogen (secondary N) is 1. The molecule has 0 radical (unpaired) electrons. The first-order valence-corrected chi connectivity index (χ1v) is 8.74. The molecular weight excluding hydrogens is 332 g/mol. The third kappa shape index (κ3) is 4.89. The van der Waals surface area contributed by atoms with Gasteiger partial charge in [0.15, 0.2) is 0 Å². The van der Waals surface area contributed by atoms with E-state index in [2.05, 4.69) is 10.2 Å². The van der Waals surface area contributed by atoms with Crippen molar-refractivity contribution in [3.63, 3.8) is 0 Å². The average molecular weight is 356 g/mol. The molecule has 0 spiro atoms. The van der Waals surface area contributed by atoms with Gasteiger partial charge in [0.05, 0.1) is 44.7 Å². The van der Waals surface area contributed by atoms with Crippen LogP contribution >= 0.6 is 0 Å². The lowest BCUT2D eigenvalue weighted by molar-refractivity contribution is -0.116. The lowest BCUT2D eigenvalue weighted by atomic mass is 10.2. The Bertz CT molecular complexity index is 712. The van der Waals surface area contributed by atoms with E-state index in [1.807, 2.05) is 48.5 Å². The number of nitrogens with zero attached hydrogens (tertiary/aromatic N) is 1. The van der Waals surface area contributed by atoms with Gasteiger partial charge in [-0.05, 0) is 36.4 Å². The summed E-state index contributed by atoms with van der Waals surface area (Å²) in [7, 11) is 1.62. The monoisotopic (exact) mass is 356 g/mol. The summed E-state index contributed by atoms with van der Waals surface area (Å²) in [6.45, 7) is 3.38. The zero-order valence-electron chi connectivity index (χ0n) is 14.9. The molecular formula is C20H24N2O4. The van der Waals surface area contributed by atoms with Gasteiger partial charge in [-0.2, -0.15) is 0 Å². The van der Waals surface area contributed by atoms with Crippen molar-refractivity contribution in [2.45, 2.75) is 6.42 Å². The Hall–Kier alpha value is -2.73. The van der Waals surface area contributed by atoms with Crippen LogP contribution in [0.25, 0.3) is 0 Å². The fraction of sp³-hybridized carbons (Fsp3) is 0.350. The van der Waals surface area contributed by atoms with Gasteiger partial charge in [0.25, 0.3) is 0 Å². The van der Waals surface area contributed by atoms with E-state index in [0.29, 0.717) is 25.6 Å². The first-order chi connectivity index (χ1) is 12.8. The largest absolute Gasteiger partial charge is 0.497 e. The number of methoxy groups -OCH3 is 1. The van der Waals surface area contributed by atoms with Crippen LogP contribution in [0.3, 0.4) is 0 Å². The van der Waals surface area contributed by atoms with E-state index < -0.39 is 0 Å². The van der Waals surface area contributed by atoms with E-state index in [0.717, 1.165) is 30.2 Å². The van der Waals surface area contributed by atoms with Crippen LogP contribution in [0.2, 0.25) is 0 Å². The molecule has 2 aromatic carbocycles. The normalized spacial score (nSPS) is 14.0. The number of para-hydroxylation sites is 2. The third-order valence-corrected chi connectivity index (χ3v) is 4.19. The molecule has 26 heavy (non-hydrogen) atoms. The summed E-state index contributed by atoms with van der Waals surface area (Å²) in [6.07, 6.45) is 0.281. The van der Waals surface area contributed by atoms with Gasteiger partial charge in [-0.15, -0.1) is 0 Å². The molecule has 138 valence electrons. The Morgan fingerprint density at radius 2 is 1.77 bits per heavy atom. The molecule has 0 bridgehead atoms. The fourth-order valence-corrected chi connectivity index (χ4v) is 2.81. The SMILES string of the molecule is COc1ccc(OCCC(=O)Nc2ccccc2N2CCOCC2)cc1. The number of hydrogen-bond donors (Lipinski definition) is 1. The van der Waals surface area contributed by atoms with E-state index in [4.69, 9.17) is 14.2 Å². The molecule has 1 amide bonds. The molecule has 1 N–H and O–H groups in total. The van der Waals surface area contributed by atoms with Crippen LogP contribution in [0.1, 0.15) is 6.42 Å². The summed E-state index contributed by atoms with van der Waals surface area (Å²) in [5, 5.41) is 2.99. The maximum atomic E-state index is 12.3. The number of carbonyl (C=O) groups is 1. The second-order valence-corrected chi connectivity index (χ2v) is 5.94. The molecule has 6 nitrogen and oxygen atoms in total. The van der Waals surface area contributed by atoms with Gasteiger partial charge in [0.2, 0.25) is 5.91 Å². The molecule has 3 rings (SSSR count). The van der Waals surface area contributed by atoms with Crippen LogP contribution in [-0.4, -0.2) is 45.9 Å². The van der Waals surface area contributed by atoms with Gasteiger partial charge in [-0.3, -0.25) is 4.79 Å². The van der Waals surface area contributed by atoms with Crippen LogP contribution in [0.4, 0.5) is 11.4 Å². The first-order valence-electron chi connectivity index (χ1n) is 8.74. The minimum atomic E-state index is -0.0702. The second-order valence-electron chi connectivity index (χ2n) is 5.94. The van der Waals surface area contributed by atoms with Crippen molar-refractivity contribution in [1.82, 2.24) is 0 Å². The zero-order valence-corrected chi connectivity index (χ0v) is 14.9. The summed E-state index contributed by atoms with van der Waals surface area (Å²) >= 11 is 0. The van der Waals surface area contributed by atoms with Crippen molar-refractivity contribution in [2.24, 2.45) is 0 Å². The predicted octanol–water partition coefficient (Wildman–Crippen LogP) is 2.94. The predicted molar refractivity (Wildman–Crippen MR) is 101 cm³/mol. The number of hydrogen-bond acceptors (Lipinski definition) is 5. The molecule has 1 heterocycles. The highest BCUT2D eigenvalue weighted by atomic mass is 16.5. The molecule has 6 heteroatoms. The number of anilines is 2. The van der Waals surface area contributed by atoms with Crippen LogP contribution in [0.5, 0.6) is 11.5 Å². The average Bonchev–Trinajstić information content (AvgIpc) is 2.69. The summed E-state index contributed by atoms with van der Waals surface area (Å²) in [5.74, 6) is 1.42. The third-order valence-electron chi connectivity index (χ3n) is 4.19. The highest BCUT2D eigenvalue weighted by Crippen LogP contribution is 2.26. The molecule has 1 aliphatic heterocycles. The van der Waals surface area contributed by atoms with E-state index in [9.17, 15) is 4.79 Å². The van der Waals surface area contributed by atoms with Crippen molar-refractivity contribution in [2.75, 3.05) is 50.2 Å². The van der Waals surface area contributed by atoms with E-state index in [-0.39, 0.29) is 12.3 Å². The number of benzene rings is 2. The Kier molecular flexibility index (Phi) is 6.33. The van der Waals surface area contributed by atoms with Crippen molar-refractivity contribution >= 4 is 17.3 Å². The van der Waals surface area contributed by atoms with Gasteiger partial charge < -0.3 is 24.4 Å². The minimum absolute atomic E-state index is 0.0702. The van der Waals surface area contributed by atoms with Crippen molar-refractivity contribution in [3.05, 3.63) is 48.5 Å². The molecule has 1 fully saturated rings. The van der Waals surface area contributed by atoms with Gasteiger partial charge in [-0.25, -0.2) is 0 Å². The lowest BCUT2D eigenvalue weighted by Gasteiger charge is -2.30. The summed E-state index contributed by atoms with van der Waals surface area (Å²) in [5.41, 5.74) is 1.85. The van der Waals surface area contributed by atoms with Crippen LogP contribution in [-0.2, 0) is 9.53 Å². The number of ether oxygens (including phenoxy) is 3. The number of morpholine rings is 1. The molecule has 2 aromatic rings. The van der Waals surface area contributed by atoms with E-state index in [1.54, 1.807) is 7.11 Å². The van der Waals surface area contributed by atoms with Crippen LogP contribution in [0, 0.1) is 0 Å². The number of rotatable bonds is 7. The van der Waals surface area contributed by atoms with Gasteiger partial charge in [0, 0.05) is 13.1 Å². The smallest absolute Gasteiger partial charge is 0.227 e. The maximum absolute atomic E-state index is 12.3. The van der Waals surface area contributed by atoms with Gasteiger partial charge in [-0.1, -0.05) is 12.1 Å². The van der Waals surface area contributed by atoms with Crippen LogP contribution in [0.15, 0.2) is 48.5 Å². The minimum Gasteiger partial charge on any atom is -0.497 e. The van der Waals surface area contributed by atoms with Crippen molar-refractivity contribution < 1.29 is 19.0 Å². The lowest BCUT2D eigenvalue weighted by Crippen LogP contribution is -2.36. The molecule has 0 atom stereocenters. The van der Waals surface area contributed by atoms with Crippen LogP contribution < -0.4 is 19.7 Å². The Morgan fingerprint density at radius 3 is 2.50 bits per heavy atom. The molecule has 0 aromatic heterocycles. The van der Waals surface area contributed by atoms with Crippen molar-refractivity contribution in [3.8, 4) is 11.5 Å². The summed E-state index contributed by atoms with van der Waals surface area (Å²) < 4.78 is 16.1. The Morgan fingerprint density at radius 1 is 1.08 bits per heavy atom. The highest BCUT2D eigenvalue weighted by molar-refractivity contribution is 5.94. The van der Waals surface area contributed by atoms with E-state index in [1.165, 1.54) is 0 Å². The second kappa shape index (κ2) is 9.10. The maximum Gasteiger partial charge on any atom is 0.227 e. The summed E-state index contributed by atoms with van der Waals surface area (Å²) in [4.78, 5) is 14.5.